The molecular weight excluding hydrogens is 186 g/mol. The summed E-state index contributed by atoms with van der Waals surface area (Å²) in [5, 5.41) is 0.352. The molecule has 0 unspecified atom stereocenters. The van der Waals surface area contributed by atoms with Gasteiger partial charge in [0.25, 0.3) is 11.8 Å². The van der Waals surface area contributed by atoms with E-state index in [1.54, 1.807) is 0 Å². The van der Waals surface area contributed by atoms with Crippen molar-refractivity contribution in [3.05, 3.63) is 12.2 Å². The monoisotopic (exact) mass is 189 g/mol. The maximum atomic E-state index is 10.7. The van der Waals surface area contributed by atoms with Gasteiger partial charge in [-0.3, -0.25) is 9.59 Å². The third-order valence-corrected chi connectivity index (χ3v) is 1.29. The van der Waals surface area contributed by atoms with E-state index in [1.807, 2.05) is 0 Å². The summed E-state index contributed by atoms with van der Waals surface area (Å²) in [6.45, 7) is 0. The highest BCUT2D eigenvalue weighted by atomic mass is 35.5. The minimum absolute atomic E-state index is 0.352. The quantitative estimate of drug-likeness (QED) is 0.438. The fourth-order valence-electron chi connectivity index (χ4n) is 0.603. The van der Waals surface area contributed by atoms with Crippen LogP contribution in [-0.4, -0.2) is 28.7 Å². The Morgan fingerprint density at radius 3 is 2.33 bits per heavy atom. The number of hydroxylamine groups is 2. The zero-order chi connectivity index (χ0) is 9.14. The maximum absolute atomic E-state index is 10.7. The van der Waals surface area contributed by atoms with Crippen LogP contribution in [0.4, 0.5) is 0 Å². The molecule has 0 aromatic heterocycles. The second-order valence-electron chi connectivity index (χ2n) is 1.90. The summed E-state index contributed by atoms with van der Waals surface area (Å²) in [6, 6.07) is 0. The van der Waals surface area contributed by atoms with Gasteiger partial charge in [0.2, 0.25) is 0 Å². The summed E-state index contributed by atoms with van der Waals surface area (Å²) in [4.78, 5) is 36.3. The van der Waals surface area contributed by atoms with Crippen LogP contribution in [0.1, 0.15) is 0 Å². The number of amides is 2. The molecule has 64 valence electrons. The van der Waals surface area contributed by atoms with Gasteiger partial charge in [0.1, 0.15) is 5.88 Å². The van der Waals surface area contributed by atoms with E-state index in [1.165, 1.54) is 0 Å². The van der Waals surface area contributed by atoms with E-state index in [0.717, 1.165) is 12.2 Å². The molecule has 0 atom stereocenters. The summed E-state index contributed by atoms with van der Waals surface area (Å²) in [5.74, 6) is -2.61. The number of alkyl halides is 1. The van der Waals surface area contributed by atoms with E-state index in [-0.39, 0.29) is 0 Å². The van der Waals surface area contributed by atoms with Crippen LogP contribution < -0.4 is 0 Å². The van der Waals surface area contributed by atoms with Crippen molar-refractivity contribution >= 4 is 29.4 Å². The molecule has 1 rings (SSSR count). The molecule has 1 aliphatic rings. The molecule has 1 heterocycles. The molecule has 5 nitrogen and oxygen atoms in total. The van der Waals surface area contributed by atoms with Gasteiger partial charge in [0.05, 0.1) is 0 Å². The lowest BCUT2D eigenvalue weighted by Crippen LogP contribution is -2.33. The van der Waals surface area contributed by atoms with E-state index in [2.05, 4.69) is 4.84 Å². The van der Waals surface area contributed by atoms with Gasteiger partial charge in [-0.05, 0) is 0 Å². The Labute approximate surface area is 72.5 Å². The van der Waals surface area contributed by atoms with Crippen LogP contribution in [0.25, 0.3) is 0 Å². The number of imide groups is 1. The van der Waals surface area contributed by atoms with Crippen molar-refractivity contribution in [1.29, 1.82) is 0 Å². The molecule has 0 radical (unpaired) electrons. The van der Waals surface area contributed by atoms with Crippen molar-refractivity contribution in [2.75, 3.05) is 5.88 Å². The molecule has 6 heteroatoms. The Balaban J connectivity index is 2.59. The summed E-state index contributed by atoms with van der Waals surface area (Å²) in [7, 11) is 0. The van der Waals surface area contributed by atoms with E-state index >= 15 is 0 Å². The standard InChI is InChI=1S/C6H4ClNO4/c7-3-6(11)12-8-4(9)1-2-5(8)10/h1-2H,3H2. The minimum atomic E-state index is -0.845. The van der Waals surface area contributed by atoms with Gasteiger partial charge in [0.15, 0.2) is 0 Å². The number of hydrogen-bond donors (Lipinski definition) is 0. The fraction of sp³-hybridized carbons (Fsp3) is 0.167. The van der Waals surface area contributed by atoms with Gasteiger partial charge < -0.3 is 4.84 Å². The molecule has 0 saturated heterocycles. The molecule has 2 amide bonds. The van der Waals surface area contributed by atoms with Crippen molar-refractivity contribution in [3.8, 4) is 0 Å². The minimum Gasteiger partial charge on any atom is -0.328 e. The van der Waals surface area contributed by atoms with E-state index < -0.39 is 23.7 Å². The number of rotatable bonds is 2. The average Bonchev–Trinajstić information content (AvgIpc) is 2.35. The van der Waals surface area contributed by atoms with Crippen LogP contribution in [-0.2, 0) is 19.2 Å². The molecule has 0 N–H and O–H groups in total. The van der Waals surface area contributed by atoms with Gasteiger partial charge in [-0.2, -0.15) is 0 Å². The lowest BCUT2D eigenvalue weighted by atomic mass is 10.6. The van der Waals surface area contributed by atoms with Crippen LogP contribution in [0, 0.1) is 0 Å². The first-order chi connectivity index (χ1) is 5.65. The van der Waals surface area contributed by atoms with Crippen LogP contribution >= 0.6 is 11.6 Å². The number of nitrogens with zero attached hydrogens (tertiary/aromatic N) is 1. The van der Waals surface area contributed by atoms with E-state index in [9.17, 15) is 14.4 Å². The zero-order valence-corrected chi connectivity index (χ0v) is 6.58. The zero-order valence-electron chi connectivity index (χ0n) is 5.82. The van der Waals surface area contributed by atoms with Crippen LogP contribution in [0.5, 0.6) is 0 Å². The molecule has 0 aromatic carbocycles. The molecule has 0 bridgehead atoms. The molecule has 12 heavy (non-hydrogen) atoms. The third-order valence-electron chi connectivity index (χ3n) is 1.07. The number of carbonyl (C=O) groups excluding carboxylic acids is 3. The number of halogens is 1. The molecule has 0 aliphatic carbocycles. The highest BCUT2D eigenvalue weighted by Crippen LogP contribution is 2.04. The van der Waals surface area contributed by atoms with Gasteiger partial charge in [-0.1, -0.05) is 5.06 Å². The SMILES string of the molecule is O=C(CCl)ON1C(=O)C=CC1=O. The first-order valence-electron chi connectivity index (χ1n) is 2.98. The summed E-state index contributed by atoms with van der Waals surface area (Å²) in [5.41, 5.74) is 0. The Bertz CT molecular complexity index is 255. The van der Waals surface area contributed by atoms with E-state index in [0.29, 0.717) is 5.06 Å². The van der Waals surface area contributed by atoms with Gasteiger partial charge in [-0.25, -0.2) is 4.79 Å². The summed E-state index contributed by atoms with van der Waals surface area (Å²) < 4.78 is 0. The molecular formula is C6H4ClNO4. The highest BCUT2D eigenvalue weighted by molar-refractivity contribution is 6.26. The normalized spacial score (nSPS) is 15.6. The summed E-state index contributed by atoms with van der Waals surface area (Å²) >= 11 is 5.08. The molecule has 0 aromatic rings. The lowest BCUT2D eigenvalue weighted by molar-refractivity contribution is -0.194. The van der Waals surface area contributed by atoms with Crippen molar-refractivity contribution < 1.29 is 19.2 Å². The second kappa shape index (κ2) is 3.36. The average molecular weight is 190 g/mol. The molecule has 1 aliphatic heterocycles. The molecule has 0 spiro atoms. The third kappa shape index (κ3) is 1.62. The first-order valence-corrected chi connectivity index (χ1v) is 3.51. The van der Waals surface area contributed by atoms with Crippen LogP contribution in [0.2, 0.25) is 0 Å². The predicted octanol–water partition coefficient (Wildman–Crippen LogP) is -0.392. The fourth-order valence-corrected chi connectivity index (χ4v) is 0.652. The van der Waals surface area contributed by atoms with E-state index in [4.69, 9.17) is 11.6 Å². The van der Waals surface area contributed by atoms with Crippen LogP contribution in [0.3, 0.4) is 0 Å². The topological polar surface area (TPSA) is 63.7 Å². The van der Waals surface area contributed by atoms with Crippen LogP contribution in [0.15, 0.2) is 12.2 Å². The van der Waals surface area contributed by atoms with Gasteiger partial charge in [0, 0.05) is 12.2 Å². The summed E-state index contributed by atoms with van der Waals surface area (Å²) in [6.07, 6.45) is 2.01. The number of carbonyl (C=O) groups is 3. The first kappa shape index (κ1) is 8.73. The molecule has 0 saturated carbocycles. The maximum Gasteiger partial charge on any atom is 0.347 e. The smallest absolute Gasteiger partial charge is 0.328 e. The van der Waals surface area contributed by atoms with Gasteiger partial charge >= 0.3 is 5.97 Å². The second-order valence-corrected chi connectivity index (χ2v) is 2.17. The van der Waals surface area contributed by atoms with Crippen molar-refractivity contribution in [2.45, 2.75) is 0 Å². The van der Waals surface area contributed by atoms with Crippen molar-refractivity contribution in [3.63, 3.8) is 0 Å². The highest BCUT2D eigenvalue weighted by Gasteiger charge is 2.27. The van der Waals surface area contributed by atoms with Gasteiger partial charge in [-0.15, -0.1) is 11.6 Å². The predicted molar refractivity (Wildman–Crippen MR) is 37.8 cm³/mol. The number of hydrogen-bond acceptors (Lipinski definition) is 4. The Hall–Kier alpha value is -1.36. The Morgan fingerprint density at radius 2 is 1.92 bits per heavy atom. The Kier molecular flexibility index (Phi) is 2.44. The lowest BCUT2D eigenvalue weighted by Gasteiger charge is -2.10. The Morgan fingerprint density at radius 1 is 1.42 bits per heavy atom. The molecule has 0 fully saturated rings. The van der Waals surface area contributed by atoms with Crippen molar-refractivity contribution in [2.24, 2.45) is 0 Å². The van der Waals surface area contributed by atoms with Crippen molar-refractivity contribution in [1.82, 2.24) is 5.06 Å². The largest absolute Gasteiger partial charge is 0.347 e.